The van der Waals surface area contributed by atoms with Crippen molar-refractivity contribution in [2.24, 2.45) is 5.92 Å². The molecule has 2 aliphatic heterocycles. The highest BCUT2D eigenvalue weighted by Crippen LogP contribution is 2.34. The number of nitrogens with one attached hydrogen (secondary N) is 1. The molecule has 3 heteroatoms. The Morgan fingerprint density at radius 2 is 2.19 bits per heavy atom. The van der Waals surface area contributed by atoms with Crippen LogP contribution in [0.5, 0.6) is 0 Å². The number of piperidine rings is 1. The maximum Gasteiger partial charge on any atom is 0.0604 e. The van der Waals surface area contributed by atoms with E-state index in [1.807, 2.05) is 0 Å². The van der Waals surface area contributed by atoms with E-state index >= 15 is 0 Å². The fourth-order valence-electron chi connectivity index (χ4n) is 3.59. The second kappa shape index (κ2) is 4.63. The first-order valence-corrected chi connectivity index (χ1v) is 6.96. The predicted molar refractivity (Wildman–Crippen MR) is 64.5 cm³/mol. The molecule has 0 aromatic carbocycles. The summed E-state index contributed by atoms with van der Waals surface area (Å²) in [4.78, 5) is 2.71. The normalized spacial score (nSPS) is 44.1. The molecule has 3 rings (SSSR count). The minimum absolute atomic E-state index is 0.561. The Hall–Kier alpha value is -0.120. The van der Waals surface area contributed by atoms with Crippen LogP contribution in [0.25, 0.3) is 0 Å². The van der Waals surface area contributed by atoms with Crippen LogP contribution >= 0.6 is 0 Å². The van der Waals surface area contributed by atoms with Gasteiger partial charge in [-0.2, -0.15) is 0 Å². The third-order valence-electron chi connectivity index (χ3n) is 4.62. The van der Waals surface area contributed by atoms with E-state index < -0.39 is 0 Å². The molecule has 0 unspecified atom stereocenters. The summed E-state index contributed by atoms with van der Waals surface area (Å²) in [6.07, 6.45) is 5.92. The fourth-order valence-corrected chi connectivity index (χ4v) is 3.59. The van der Waals surface area contributed by atoms with Crippen molar-refractivity contribution < 1.29 is 4.74 Å². The molecule has 3 fully saturated rings. The van der Waals surface area contributed by atoms with Gasteiger partial charge in [-0.05, 0) is 45.1 Å². The van der Waals surface area contributed by atoms with E-state index in [4.69, 9.17) is 4.74 Å². The average molecular weight is 224 g/mol. The highest BCUT2D eigenvalue weighted by atomic mass is 16.5. The van der Waals surface area contributed by atoms with Gasteiger partial charge in [0, 0.05) is 31.8 Å². The average Bonchev–Trinajstić information content (AvgIpc) is 2.65. The molecule has 16 heavy (non-hydrogen) atoms. The van der Waals surface area contributed by atoms with Crippen molar-refractivity contribution in [1.82, 2.24) is 10.2 Å². The maximum absolute atomic E-state index is 5.64. The molecule has 0 radical (unpaired) electrons. The summed E-state index contributed by atoms with van der Waals surface area (Å²) in [5.41, 5.74) is 0. The van der Waals surface area contributed by atoms with E-state index in [0.29, 0.717) is 6.10 Å². The summed E-state index contributed by atoms with van der Waals surface area (Å²) >= 11 is 0. The van der Waals surface area contributed by atoms with Gasteiger partial charge in [-0.3, -0.25) is 4.90 Å². The van der Waals surface area contributed by atoms with Crippen LogP contribution in [0.2, 0.25) is 0 Å². The minimum atomic E-state index is 0.561. The summed E-state index contributed by atoms with van der Waals surface area (Å²) in [5, 5.41) is 3.68. The predicted octanol–water partition coefficient (Wildman–Crippen LogP) is 1.24. The Labute approximate surface area is 98.5 Å². The van der Waals surface area contributed by atoms with Crippen LogP contribution < -0.4 is 5.32 Å². The first kappa shape index (κ1) is 11.0. The summed E-state index contributed by atoms with van der Waals surface area (Å²) in [6.45, 7) is 6.84. The first-order chi connectivity index (χ1) is 7.86. The first-order valence-electron chi connectivity index (χ1n) is 6.96. The van der Waals surface area contributed by atoms with Crippen molar-refractivity contribution in [2.45, 2.75) is 50.8 Å². The molecule has 1 aliphatic carbocycles. The van der Waals surface area contributed by atoms with E-state index in [1.54, 1.807) is 0 Å². The van der Waals surface area contributed by atoms with Crippen molar-refractivity contribution in [3.63, 3.8) is 0 Å². The van der Waals surface area contributed by atoms with Gasteiger partial charge in [-0.15, -0.1) is 0 Å². The minimum Gasteiger partial charge on any atom is -0.378 e. The molecule has 0 spiro atoms. The van der Waals surface area contributed by atoms with Gasteiger partial charge in [-0.1, -0.05) is 0 Å². The zero-order valence-electron chi connectivity index (χ0n) is 10.3. The summed E-state index contributed by atoms with van der Waals surface area (Å²) in [6, 6.07) is 1.61. The second-order valence-electron chi connectivity index (χ2n) is 5.62. The molecule has 0 amide bonds. The van der Waals surface area contributed by atoms with E-state index in [1.165, 1.54) is 45.3 Å². The monoisotopic (exact) mass is 224 g/mol. The topological polar surface area (TPSA) is 24.5 Å². The SMILES string of the molecule is CCOC1CC(N2C[C@@H]3CCCN[C@@H]3C2)C1. The zero-order valence-corrected chi connectivity index (χ0v) is 10.3. The Morgan fingerprint density at radius 1 is 1.31 bits per heavy atom. The zero-order chi connectivity index (χ0) is 11.0. The van der Waals surface area contributed by atoms with Gasteiger partial charge in [0.1, 0.15) is 0 Å². The molecule has 3 nitrogen and oxygen atoms in total. The van der Waals surface area contributed by atoms with Gasteiger partial charge >= 0.3 is 0 Å². The molecule has 92 valence electrons. The molecule has 3 aliphatic rings. The molecule has 1 saturated carbocycles. The van der Waals surface area contributed by atoms with Crippen molar-refractivity contribution in [1.29, 1.82) is 0 Å². The molecule has 2 heterocycles. The number of fused-ring (bicyclic) bond motifs is 1. The number of rotatable bonds is 3. The van der Waals surface area contributed by atoms with Gasteiger partial charge in [-0.25, -0.2) is 0 Å². The van der Waals surface area contributed by atoms with Gasteiger partial charge in [0.25, 0.3) is 0 Å². The molecular formula is C13H24N2O. The standard InChI is InChI=1S/C13H24N2O/c1-2-16-12-6-11(7-12)15-8-10-4-3-5-14-13(10)9-15/h10-14H,2-9H2,1H3/t10-,11?,12?,13+/m0/s1. The lowest BCUT2D eigenvalue weighted by molar-refractivity contribution is -0.0417. The van der Waals surface area contributed by atoms with Crippen molar-refractivity contribution in [3.8, 4) is 0 Å². The van der Waals surface area contributed by atoms with Crippen LogP contribution in [-0.4, -0.2) is 49.3 Å². The molecule has 0 bridgehead atoms. The number of likely N-dealkylation sites (tertiary alicyclic amines) is 1. The van der Waals surface area contributed by atoms with Crippen LogP contribution in [0.4, 0.5) is 0 Å². The lowest BCUT2D eigenvalue weighted by Gasteiger charge is -2.41. The lowest BCUT2D eigenvalue weighted by atomic mass is 9.88. The summed E-state index contributed by atoms with van der Waals surface area (Å²) in [7, 11) is 0. The van der Waals surface area contributed by atoms with Gasteiger partial charge in [0.2, 0.25) is 0 Å². The van der Waals surface area contributed by atoms with E-state index in [0.717, 1.165) is 24.6 Å². The fraction of sp³-hybridized carbons (Fsp3) is 1.00. The number of nitrogens with zero attached hydrogens (tertiary/aromatic N) is 1. The third-order valence-corrected chi connectivity index (χ3v) is 4.62. The van der Waals surface area contributed by atoms with Gasteiger partial charge in [0.05, 0.1) is 6.10 Å². The van der Waals surface area contributed by atoms with Crippen molar-refractivity contribution in [2.75, 3.05) is 26.2 Å². The molecule has 1 N–H and O–H groups in total. The van der Waals surface area contributed by atoms with E-state index in [2.05, 4.69) is 17.1 Å². The highest BCUT2D eigenvalue weighted by Gasteiger charge is 2.41. The van der Waals surface area contributed by atoms with Crippen LogP contribution in [0, 0.1) is 5.92 Å². The molecular weight excluding hydrogens is 200 g/mol. The molecule has 2 saturated heterocycles. The van der Waals surface area contributed by atoms with E-state index in [-0.39, 0.29) is 0 Å². The Morgan fingerprint density at radius 3 is 2.94 bits per heavy atom. The third kappa shape index (κ3) is 2.01. The van der Waals surface area contributed by atoms with Crippen LogP contribution in [0.1, 0.15) is 32.6 Å². The Kier molecular flexibility index (Phi) is 3.18. The lowest BCUT2D eigenvalue weighted by Crippen LogP contribution is -2.48. The summed E-state index contributed by atoms with van der Waals surface area (Å²) < 4.78 is 5.64. The maximum atomic E-state index is 5.64. The molecule has 2 atom stereocenters. The number of hydrogen-bond donors (Lipinski definition) is 1. The highest BCUT2D eigenvalue weighted by molar-refractivity contribution is 4.98. The van der Waals surface area contributed by atoms with Gasteiger partial charge < -0.3 is 10.1 Å². The number of ether oxygens (including phenoxy) is 1. The van der Waals surface area contributed by atoms with Crippen molar-refractivity contribution in [3.05, 3.63) is 0 Å². The molecule has 0 aromatic heterocycles. The van der Waals surface area contributed by atoms with Crippen molar-refractivity contribution >= 4 is 0 Å². The largest absolute Gasteiger partial charge is 0.378 e. The van der Waals surface area contributed by atoms with Crippen LogP contribution in [-0.2, 0) is 4.74 Å². The van der Waals surface area contributed by atoms with E-state index in [9.17, 15) is 0 Å². The Balaban J connectivity index is 1.47. The number of hydrogen-bond acceptors (Lipinski definition) is 3. The van der Waals surface area contributed by atoms with Crippen LogP contribution in [0.3, 0.4) is 0 Å². The second-order valence-corrected chi connectivity index (χ2v) is 5.62. The quantitative estimate of drug-likeness (QED) is 0.780. The summed E-state index contributed by atoms with van der Waals surface area (Å²) in [5.74, 6) is 0.930. The van der Waals surface area contributed by atoms with Gasteiger partial charge in [0.15, 0.2) is 0 Å². The molecule has 0 aromatic rings. The Bertz CT molecular complexity index is 226. The van der Waals surface area contributed by atoms with Crippen LogP contribution in [0.15, 0.2) is 0 Å². The smallest absolute Gasteiger partial charge is 0.0604 e.